The summed E-state index contributed by atoms with van der Waals surface area (Å²) in [6.45, 7) is 1.14. The van der Waals surface area contributed by atoms with Gasteiger partial charge >= 0.3 is 0 Å². The van der Waals surface area contributed by atoms with Crippen molar-refractivity contribution in [1.29, 1.82) is 0 Å². The lowest BCUT2D eigenvalue weighted by atomic mass is 10.1. The first kappa shape index (κ1) is 17.7. The molecule has 1 fully saturated rings. The van der Waals surface area contributed by atoms with Gasteiger partial charge in [-0.05, 0) is 29.8 Å². The zero-order chi connectivity index (χ0) is 18.8. The second-order valence-electron chi connectivity index (χ2n) is 6.49. The largest absolute Gasteiger partial charge is 0.497 e. The van der Waals surface area contributed by atoms with E-state index in [1.165, 1.54) is 0 Å². The van der Waals surface area contributed by atoms with Crippen LogP contribution in [-0.2, 0) is 11.3 Å². The molecule has 7 heteroatoms. The summed E-state index contributed by atoms with van der Waals surface area (Å²) in [5, 5.41) is 4.07. The summed E-state index contributed by atoms with van der Waals surface area (Å²) in [5.74, 6) is 1.86. The second-order valence-corrected chi connectivity index (χ2v) is 7.41. The highest BCUT2D eigenvalue weighted by atomic mass is 79.9. The first-order valence-corrected chi connectivity index (χ1v) is 9.42. The Balaban J connectivity index is 1.46. The van der Waals surface area contributed by atoms with E-state index in [4.69, 9.17) is 9.26 Å². The van der Waals surface area contributed by atoms with E-state index in [1.54, 1.807) is 7.11 Å². The van der Waals surface area contributed by atoms with Gasteiger partial charge < -0.3 is 14.2 Å². The van der Waals surface area contributed by atoms with Gasteiger partial charge in [-0.2, -0.15) is 4.98 Å². The van der Waals surface area contributed by atoms with Crippen molar-refractivity contribution in [3.05, 3.63) is 64.5 Å². The third kappa shape index (κ3) is 3.88. The number of carbonyl (C=O) groups excluding carboxylic acids is 1. The molecule has 1 aliphatic heterocycles. The van der Waals surface area contributed by atoms with Crippen LogP contribution in [0.15, 0.2) is 57.5 Å². The highest BCUT2D eigenvalue weighted by molar-refractivity contribution is 9.10. The quantitative estimate of drug-likeness (QED) is 0.614. The standard InChI is InChI=1S/C20H18BrN3O3/c1-26-17-7-5-13(6-8-17)11-24-12-15(10-18(24)25)20-22-19(23-27-20)14-3-2-4-16(21)9-14/h2-9,15H,10-12H2,1H3. The molecular weight excluding hydrogens is 410 g/mol. The highest BCUT2D eigenvalue weighted by Gasteiger charge is 2.34. The molecular formula is C20H18BrN3O3. The van der Waals surface area contributed by atoms with E-state index in [0.29, 0.717) is 31.2 Å². The van der Waals surface area contributed by atoms with Gasteiger partial charge in [0.2, 0.25) is 17.6 Å². The predicted molar refractivity (Wildman–Crippen MR) is 103 cm³/mol. The number of nitrogens with zero attached hydrogens (tertiary/aromatic N) is 3. The number of likely N-dealkylation sites (tertiary alicyclic amines) is 1. The van der Waals surface area contributed by atoms with Crippen LogP contribution in [0.5, 0.6) is 5.75 Å². The number of aromatic nitrogens is 2. The van der Waals surface area contributed by atoms with Crippen molar-refractivity contribution in [3.8, 4) is 17.1 Å². The zero-order valence-corrected chi connectivity index (χ0v) is 16.3. The molecule has 0 radical (unpaired) electrons. The van der Waals surface area contributed by atoms with E-state index in [0.717, 1.165) is 21.3 Å². The van der Waals surface area contributed by atoms with Crippen LogP contribution in [0.3, 0.4) is 0 Å². The Morgan fingerprint density at radius 3 is 2.81 bits per heavy atom. The van der Waals surface area contributed by atoms with Crippen LogP contribution >= 0.6 is 15.9 Å². The molecule has 0 spiro atoms. The molecule has 1 unspecified atom stereocenters. The number of hydrogen-bond donors (Lipinski definition) is 0. The van der Waals surface area contributed by atoms with Crippen LogP contribution in [0.2, 0.25) is 0 Å². The summed E-state index contributed by atoms with van der Waals surface area (Å²) in [6.07, 6.45) is 0.385. The topological polar surface area (TPSA) is 68.5 Å². The summed E-state index contributed by atoms with van der Waals surface area (Å²) in [5.41, 5.74) is 1.93. The van der Waals surface area contributed by atoms with Crippen LogP contribution < -0.4 is 4.74 Å². The van der Waals surface area contributed by atoms with Gasteiger partial charge in [-0.1, -0.05) is 45.4 Å². The molecule has 3 aromatic rings. The Hall–Kier alpha value is -2.67. The van der Waals surface area contributed by atoms with Crippen molar-refractivity contribution < 1.29 is 14.1 Å². The molecule has 1 saturated heterocycles. The maximum atomic E-state index is 12.4. The zero-order valence-electron chi connectivity index (χ0n) is 14.8. The number of methoxy groups -OCH3 is 1. The average molecular weight is 428 g/mol. The minimum Gasteiger partial charge on any atom is -0.497 e. The van der Waals surface area contributed by atoms with Gasteiger partial charge in [-0.15, -0.1) is 0 Å². The van der Waals surface area contributed by atoms with Crippen LogP contribution in [0.1, 0.15) is 23.8 Å². The molecule has 0 N–H and O–H groups in total. The molecule has 27 heavy (non-hydrogen) atoms. The molecule has 0 aliphatic carbocycles. The van der Waals surface area contributed by atoms with Crippen LogP contribution in [0.25, 0.3) is 11.4 Å². The minimum atomic E-state index is -0.0795. The lowest BCUT2D eigenvalue weighted by molar-refractivity contribution is -0.128. The van der Waals surface area contributed by atoms with Crippen LogP contribution in [-0.4, -0.2) is 34.6 Å². The van der Waals surface area contributed by atoms with Crippen LogP contribution in [0.4, 0.5) is 0 Å². The molecule has 1 amide bonds. The van der Waals surface area contributed by atoms with Crippen molar-refractivity contribution in [1.82, 2.24) is 15.0 Å². The van der Waals surface area contributed by atoms with Crippen molar-refractivity contribution in [3.63, 3.8) is 0 Å². The van der Waals surface area contributed by atoms with Gasteiger partial charge in [0.1, 0.15) is 5.75 Å². The average Bonchev–Trinajstić information content (AvgIpc) is 3.30. The molecule has 1 atom stereocenters. The van der Waals surface area contributed by atoms with Gasteiger partial charge in [0.15, 0.2) is 0 Å². The number of rotatable bonds is 5. The molecule has 2 heterocycles. The lowest BCUT2D eigenvalue weighted by Crippen LogP contribution is -2.24. The number of amides is 1. The third-order valence-corrected chi connectivity index (χ3v) is 5.11. The van der Waals surface area contributed by atoms with Crippen molar-refractivity contribution in [2.45, 2.75) is 18.9 Å². The molecule has 0 saturated carbocycles. The van der Waals surface area contributed by atoms with Gasteiger partial charge in [0.05, 0.1) is 13.0 Å². The number of halogens is 1. The number of ether oxygens (including phenoxy) is 1. The van der Waals surface area contributed by atoms with Gasteiger partial charge in [-0.25, -0.2) is 0 Å². The van der Waals surface area contributed by atoms with E-state index < -0.39 is 0 Å². The Bertz CT molecular complexity index is 955. The van der Waals surface area contributed by atoms with Crippen molar-refractivity contribution >= 4 is 21.8 Å². The lowest BCUT2D eigenvalue weighted by Gasteiger charge is -2.16. The molecule has 138 valence electrons. The Morgan fingerprint density at radius 1 is 1.26 bits per heavy atom. The SMILES string of the molecule is COc1ccc(CN2CC(c3nc(-c4cccc(Br)c4)no3)CC2=O)cc1. The van der Waals surface area contributed by atoms with Crippen molar-refractivity contribution in [2.75, 3.05) is 13.7 Å². The molecule has 1 aromatic heterocycles. The Labute approximate surface area is 165 Å². The number of carbonyl (C=O) groups is 1. The summed E-state index contributed by atoms with van der Waals surface area (Å²) >= 11 is 3.44. The van der Waals surface area contributed by atoms with E-state index >= 15 is 0 Å². The summed E-state index contributed by atoms with van der Waals surface area (Å²) in [4.78, 5) is 18.7. The van der Waals surface area contributed by atoms with Gasteiger partial charge in [0, 0.05) is 29.5 Å². The summed E-state index contributed by atoms with van der Waals surface area (Å²) in [6, 6.07) is 15.5. The Morgan fingerprint density at radius 2 is 2.07 bits per heavy atom. The predicted octanol–water partition coefficient (Wildman–Crippen LogP) is 4.02. The smallest absolute Gasteiger partial charge is 0.232 e. The molecule has 2 aromatic carbocycles. The second kappa shape index (κ2) is 7.52. The third-order valence-electron chi connectivity index (χ3n) is 4.62. The maximum Gasteiger partial charge on any atom is 0.232 e. The first-order chi connectivity index (χ1) is 13.1. The molecule has 6 nitrogen and oxygen atoms in total. The normalized spacial score (nSPS) is 16.7. The number of benzene rings is 2. The maximum absolute atomic E-state index is 12.4. The fraction of sp³-hybridized carbons (Fsp3) is 0.250. The van der Waals surface area contributed by atoms with Gasteiger partial charge in [-0.3, -0.25) is 4.79 Å². The molecule has 1 aliphatic rings. The van der Waals surface area contributed by atoms with Gasteiger partial charge in [0.25, 0.3) is 0 Å². The molecule has 0 bridgehead atoms. The van der Waals surface area contributed by atoms with E-state index in [9.17, 15) is 4.79 Å². The van der Waals surface area contributed by atoms with E-state index in [2.05, 4.69) is 26.1 Å². The summed E-state index contributed by atoms with van der Waals surface area (Å²) < 4.78 is 11.6. The fourth-order valence-corrected chi connectivity index (χ4v) is 3.59. The number of hydrogen-bond acceptors (Lipinski definition) is 5. The fourth-order valence-electron chi connectivity index (χ4n) is 3.19. The van der Waals surface area contributed by atoms with E-state index in [1.807, 2.05) is 53.4 Å². The summed E-state index contributed by atoms with van der Waals surface area (Å²) in [7, 11) is 1.64. The first-order valence-electron chi connectivity index (χ1n) is 8.62. The monoisotopic (exact) mass is 427 g/mol. The highest BCUT2D eigenvalue weighted by Crippen LogP contribution is 2.30. The molecule has 4 rings (SSSR count). The van der Waals surface area contributed by atoms with Crippen LogP contribution in [0, 0.1) is 0 Å². The minimum absolute atomic E-state index is 0.0795. The Kier molecular flexibility index (Phi) is 4.94. The van der Waals surface area contributed by atoms with Crippen molar-refractivity contribution in [2.24, 2.45) is 0 Å². The van der Waals surface area contributed by atoms with E-state index in [-0.39, 0.29) is 11.8 Å².